The molecule has 1 rings (SSSR count). The molecule has 1 heterocycles. The molecule has 0 atom stereocenters. The van der Waals surface area contributed by atoms with Crippen LogP contribution in [0.15, 0.2) is 12.3 Å². The van der Waals surface area contributed by atoms with E-state index in [2.05, 4.69) is 9.97 Å². The molecule has 0 aromatic carbocycles. The van der Waals surface area contributed by atoms with Crippen molar-refractivity contribution in [3.8, 4) is 6.07 Å². The van der Waals surface area contributed by atoms with Gasteiger partial charge in [-0.1, -0.05) is 0 Å². The van der Waals surface area contributed by atoms with Crippen LogP contribution in [0.5, 0.6) is 0 Å². The van der Waals surface area contributed by atoms with Crippen molar-refractivity contribution in [3.05, 3.63) is 21.8 Å². The van der Waals surface area contributed by atoms with E-state index in [0.717, 1.165) is 3.70 Å². The third kappa shape index (κ3) is 1.61. The van der Waals surface area contributed by atoms with Crippen LogP contribution < -0.4 is 0 Å². The van der Waals surface area contributed by atoms with Gasteiger partial charge in [-0.15, -0.1) is 0 Å². The highest BCUT2D eigenvalue weighted by molar-refractivity contribution is 14.1. The van der Waals surface area contributed by atoms with E-state index in [9.17, 15) is 0 Å². The summed E-state index contributed by atoms with van der Waals surface area (Å²) in [6.45, 7) is 0. The van der Waals surface area contributed by atoms with Gasteiger partial charge >= 0.3 is 0 Å². The zero-order valence-corrected chi connectivity index (χ0v) is 6.53. The number of hydrogen-bond acceptors (Lipinski definition) is 3. The Balaban J connectivity index is 3.12. The van der Waals surface area contributed by atoms with E-state index in [4.69, 9.17) is 5.26 Å². The normalized spacial score (nSPS) is 8.44. The first-order valence-electron chi connectivity index (χ1n) is 2.21. The molecule has 1 aromatic heterocycles. The lowest BCUT2D eigenvalue weighted by Gasteiger charge is -1.85. The van der Waals surface area contributed by atoms with Gasteiger partial charge < -0.3 is 0 Å². The van der Waals surface area contributed by atoms with Crippen LogP contribution in [-0.2, 0) is 0 Å². The molecule has 0 saturated carbocycles. The lowest BCUT2D eigenvalue weighted by Crippen LogP contribution is -1.88. The summed E-state index contributed by atoms with van der Waals surface area (Å²) in [6.07, 6.45) is 1.56. The van der Waals surface area contributed by atoms with Crippen molar-refractivity contribution in [2.75, 3.05) is 0 Å². The van der Waals surface area contributed by atoms with Crippen molar-refractivity contribution in [1.82, 2.24) is 9.97 Å². The van der Waals surface area contributed by atoms with Gasteiger partial charge in [0.1, 0.15) is 9.77 Å². The molecule has 0 bridgehead atoms. The standard InChI is InChI=1S/C5H2IN3/c6-4-1-2-8-5(3-7)9-4/h1-2H. The first kappa shape index (κ1) is 6.42. The van der Waals surface area contributed by atoms with Crippen molar-refractivity contribution in [2.45, 2.75) is 0 Å². The molecule has 3 nitrogen and oxygen atoms in total. The predicted molar refractivity (Wildman–Crippen MR) is 39.5 cm³/mol. The summed E-state index contributed by atoms with van der Waals surface area (Å²) < 4.78 is 0.791. The summed E-state index contributed by atoms with van der Waals surface area (Å²) in [5, 5.41) is 8.28. The van der Waals surface area contributed by atoms with Crippen molar-refractivity contribution >= 4 is 22.6 Å². The molecule has 4 heteroatoms. The fraction of sp³-hybridized carbons (Fsp3) is 0. The fourth-order valence-electron chi connectivity index (χ4n) is 0.391. The van der Waals surface area contributed by atoms with Crippen LogP contribution in [0.1, 0.15) is 5.82 Å². The van der Waals surface area contributed by atoms with Crippen molar-refractivity contribution in [1.29, 1.82) is 5.26 Å². The number of rotatable bonds is 0. The molecule has 0 spiro atoms. The van der Waals surface area contributed by atoms with E-state index in [1.165, 1.54) is 0 Å². The Morgan fingerprint density at radius 2 is 2.44 bits per heavy atom. The average Bonchev–Trinajstić information content (AvgIpc) is 1.88. The van der Waals surface area contributed by atoms with E-state index in [1.54, 1.807) is 12.3 Å². The molecule has 0 fully saturated rings. The fourth-order valence-corrected chi connectivity index (χ4v) is 0.780. The second kappa shape index (κ2) is 2.73. The number of aromatic nitrogens is 2. The Morgan fingerprint density at radius 3 is 2.89 bits per heavy atom. The third-order valence-corrected chi connectivity index (χ3v) is 1.32. The van der Waals surface area contributed by atoms with Gasteiger partial charge in [0.05, 0.1) is 0 Å². The summed E-state index contributed by atoms with van der Waals surface area (Å²) in [5.74, 6) is 0.224. The van der Waals surface area contributed by atoms with E-state index >= 15 is 0 Å². The summed E-state index contributed by atoms with van der Waals surface area (Å²) in [5.41, 5.74) is 0. The second-order valence-electron chi connectivity index (χ2n) is 1.31. The Morgan fingerprint density at radius 1 is 1.67 bits per heavy atom. The van der Waals surface area contributed by atoms with Gasteiger partial charge in [-0.3, -0.25) is 0 Å². The van der Waals surface area contributed by atoms with Crippen LogP contribution in [0.25, 0.3) is 0 Å². The lowest BCUT2D eigenvalue weighted by atomic mass is 10.6. The van der Waals surface area contributed by atoms with Gasteiger partial charge in [0.2, 0.25) is 5.82 Å². The van der Waals surface area contributed by atoms with Gasteiger partial charge in [-0.2, -0.15) is 5.26 Å². The van der Waals surface area contributed by atoms with Crippen molar-refractivity contribution < 1.29 is 0 Å². The molecule has 0 radical (unpaired) electrons. The predicted octanol–water partition coefficient (Wildman–Crippen LogP) is 0.953. The molecule has 0 saturated heterocycles. The first-order chi connectivity index (χ1) is 4.33. The largest absolute Gasteiger partial charge is 0.233 e. The molecule has 1 aromatic rings. The molecule has 0 aliphatic rings. The minimum Gasteiger partial charge on any atom is -0.227 e. The highest BCUT2D eigenvalue weighted by atomic mass is 127. The van der Waals surface area contributed by atoms with E-state index < -0.39 is 0 Å². The monoisotopic (exact) mass is 231 g/mol. The zero-order chi connectivity index (χ0) is 6.69. The van der Waals surface area contributed by atoms with Gasteiger partial charge in [0.15, 0.2) is 0 Å². The molecular weight excluding hydrogens is 229 g/mol. The smallest absolute Gasteiger partial charge is 0.227 e. The number of nitrogens with zero attached hydrogens (tertiary/aromatic N) is 3. The quantitative estimate of drug-likeness (QED) is 0.493. The molecule has 0 aliphatic carbocycles. The maximum Gasteiger partial charge on any atom is 0.233 e. The molecule has 0 N–H and O–H groups in total. The summed E-state index contributed by atoms with van der Waals surface area (Å²) in [6, 6.07) is 3.58. The first-order valence-corrected chi connectivity index (χ1v) is 3.29. The van der Waals surface area contributed by atoms with Crippen LogP contribution >= 0.6 is 22.6 Å². The molecule has 0 aliphatic heterocycles. The summed E-state index contributed by atoms with van der Waals surface area (Å²) in [4.78, 5) is 7.49. The number of halogens is 1. The minimum atomic E-state index is 0.224. The summed E-state index contributed by atoms with van der Waals surface area (Å²) >= 11 is 2.03. The molecule has 44 valence electrons. The molecule has 0 amide bonds. The van der Waals surface area contributed by atoms with Crippen molar-refractivity contribution in [2.24, 2.45) is 0 Å². The van der Waals surface area contributed by atoms with Gasteiger partial charge in [0, 0.05) is 6.20 Å². The van der Waals surface area contributed by atoms with Crippen LogP contribution in [0.2, 0.25) is 0 Å². The topological polar surface area (TPSA) is 49.6 Å². The number of nitriles is 1. The number of hydrogen-bond donors (Lipinski definition) is 0. The SMILES string of the molecule is N#Cc1nccc(I)n1. The van der Waals surface area contributed by atoms with E-state index in [0.29, 0.717) is 0 Å². The van der Waals surface area contributed by atoms with Gasteiger partial charge in [-0.25, -0.2) is 9.97 Å². The Kier molecular flexibility index (Phi) is 1.95. The van der Waals surface area contributed by atoms with Gasteiger partial charge in [-0.05, 0) is 28.7 Å². The highest BCUT2D eigenvalue weighted by Crippen LogP contribution is 1.96. The van der Waals surface area contributed by atoms with E-state index in [1.807, 2.05) is 28.7 Å². The van der Waals surface area contributed by atoms with Crippen LogP contribution in [0.4, 0.5) is 0 Å². The average molecular weight is 231 g/mol. The minimum absolute atomic E-state index is 0.224. The lowest BCUT2D eigenvalue weighted by molar-refractivity contribution is 1.09. The Hall–Kier alpha value is -0.700. The Bertz CT molecular complexity index is 253. The second-order valence-corrected chi connectivity index (χ2v) is 2.42. The summed E-state index contributed by atoms with van der Waals surface area (Å²) in [7, 11) is 0. The zero-order valence-electron chi connectivity index (χ0n) is 4.37. The maximum absolute atomic E-state index is 8.28. The molecule has 0 unspecified atom stereocenters. The van der Waals surface area contributed by atoms with Crippen LogP contribution in [-0.4, -0.2) is 9.97 Å². The van der Waals surface area contributed by atoms with Crippen LogP contribution in [0, 0.1) is 15.0 Å². The maximum atomic E-state index is 8.28. The molecular formula is C5H2IN3. The Labute approximate surface area is 65.9 Å². The van der Waals surface area contributed by atoms with Crippen molar-refractivity contribution in [3.63, 3.8) is 0 Å². The highest BCUT2D eigenvalue weighted by Gasteiger charge is 1.90. The third-order valence-electron chi connectivity index (χ3n) is 0.722. The van der Waals surface area contributed by atoms with E-state index in [-0.39, 0.29) is 5.82 Å². The van der Waals surface area contributed by atoms with Crippen LogP contribution in [0.3, 0.4) is 0 Å². The molecule has 9 heavy (non-hydrogen) atoms. The van der Waals surface area contributed by atoms with Gasteiger partial charge in [0.25, 0.3) is 0 Å².